The number of benzene rings is 1. The minimum atomic E-state index is 0.103. The molecule has 2 aliphatic rings. The summed E-state index contributed by atoms with van der Waals surface area (Å²) in [4.78, 5) is 0. The summed E-state index contributed by atoms with van der Waals surface area (Å²) in [5.74, 6) is 1.93. The lowest BCUT2D eigenvalue weighted by atomic mass is 9.83. The molecule has 2 saturated heterocycles. The molecule has 3 unspecified atom stereocenters. The molecule has 1 aromatic carbocycles. The SMILES string of the molecule is CCC(OC)C(CC)Oc1cccc(CSN2CCC23CCCOC3)c1. The first kappa shape index (κ1) is 20.0. The third kappa shape index (κ3) is 4.56. The number of ether oxygens (including phenoxy) is 3. The highest BCUT2D eigenvalue weighted by atomic mass is 32.2. The van der Waals surface area contributed by atoms with Crippen molar-refractivity contribution in [3.8, 4) is 5.75 Å². The summed E-state index contributed by atoms with van der Waals surface area (Å²) in [6.45, 7) is 7.30. The fourth-order valence-corrected chi connectivity index (χ4v) is 5.21. The number of rotatable bonds is 9. The molecule has 3 rings (SSSR count). The van der Waals surface area contributed by atoms with Crippen molar-refractivity contribution in [2.45, 2.75) is 69.5 Å². The number of nitrogens with zero attached hydrogens (tertiary/aromatic N) is 1. The van der Waals surface area contributed by atoms with E-state index < -0.39 is 0 Å². The molecule has 4 nitrogen and oxygen atoms in total. The third-order valence-corrected chi connectivity index (χ3v) is 7.05. The molecule has 2 fully saturated rings. The van der Waals surface area contributed by atoms with E-state index in [-0.39, 0.29) is 12.2 Å². The molecule has 1 spiro atoms. The van der Waals surface area contributed by atoms with Gasteiger partial charge in [0, 0.05) is 26.0 Å². The maximum absolute atomic E-state index is 6.24. The number of methoxy groups -OCH3 is 1. The minimum absolute atomic E-state index is 0.103. The van der Waals surface area contributed by atoms with Gasteiger partial charge in [-0.05, 0) is 49.8 Å². The van der Waals surface area contributed by atoms with Crippen molar-refractivity contribution >= 4 is 11.9 Å². The Balaban J connectivity index is 1.55. The standard InChI is InChI=1S/C21H33NO3S/c1-4-19(23-3)20(5-2)25-18-9-6-8-17(14-18)15-26-22-12-11-21(22)10-7-13-24-16-21/h6,8-9,14,19-20H,4-5,7,10-13,15-16H2,1-3H3. The van der Waals surface area contributed by atoms with E-state index in [4.69, 9.17) is 14.2 Å². The quantitative estimate of drug-likeness (QED) is 0.582. The van der Waals surface area contributed by atoms with Gasteiger partial charge in [-0.1, -0.05) is 37.9 Å². The molecule has 146 valence electrons. The molecule has 0 N–H and O–H groups in total. The van der Waals surface area contributed by atoms with Crippen LogP contribution < -0.4 is 4.74 Å². The van der Waals surface area contributed by atoms with Crippen LogP contribution in [0.4, 0.5) is 0 Å². The van der Waals surface area contributed by atoms with Gasteiger partial charge in [0.25, 0.3) is 0 Å². The summed E-state index contributed by atoms with van der Waals surface area (Å²) < 4.78 is 20.1. The maximum atomic E-state index is 6.24. The predicted octanol–water partition coefficient (Wildman–Crippen LogP) is 4.67. The molecule has 26 heavy (non-hydrogen) atoms. The highest BCUT2D eigenvalue weighted by molar-refractivity contribution is 7.96. The van der Waals surface area contributed by atoms with Crippen molar-refractivity contribution in [3.05, 3.63) is 29.8 Å². The Hall–Kier alpha value is -0.750. The number of hydrogen-bond donors (Lipinski definition) is 0. The van der Waals surface area contributed by atoms with Crippen LogP contribution in [0.5, 0.6) is 5.75 Å². The highest BCUT2D eigenvalue weighted by Crippen LogP contribution is 2.43. The van der Waals surface area contributed by atoms with Gasteiger partial charge in [0.15, 0.2) is 0 Å². The van der Waals surface area contributed by atoms with Crippen molar-refractivity contribution in [1.82, 2.24) is 4.31 Å². The Labute approximate surface area is 162 Å². The lowest BCUT2D eigenvalue weighted by Gasteiger charge is -2.53. The van der Waals surface area contributed by atoms with E-state index in [2.05, 4.69) is 42.4 Å². The van der Waals surface area contributed by atoms with Gasteiger partial charge in [-0.25, -0.2) is 4.31 Å². The van der Waals surface area contributed by atoms with Crippen LogP contribution >= 0.6 is 11.9 Å². The summed E-state index contributed by atoms with van der Waals surface area (Å²) in [6, 6.07) is 8.53. The van der Waals surface area contributed by atoms with E-state index in [0.29, 0.717) is 5.54 Å². The van der Waals surface area contributed by atoms with Crippen molar-refractivity contribution in [1.29, 1.82) is 0 Å². The van der Waals surface area contributed by atoms with E-state index in [1.165, 1.54) is 31.4 Å². The van der Waals surface area contributed by atoms with Crippen molar-refractivity contribution in [2.75, 3.05) is 26.9 Å². The number of hydrogen-bond acceptors (Lipinski definition) is 5. The summed E-state index contributed by atoms with van der Waals surface area (Å²) in [5, 5.41) is 0. The average Bonchev–Trinajstić information content (AvgIpc) is 2.68. The van der Waals surface area contributed by atoms with Crippen molar-refractivity contribution in [3.63, 3.8) is 0 Å². The molecule has 0 amide bonds. The Kier molecular flexibility index (Phi) is 7.27. The smallest absolute Gasteiger partial charge is 0.124 e. The van der Waals surface area contributed by atoms with E-state index in [0.717, 1.165) is 37.6 Å². The van der Waals surface area contributed by atoms with Gasteiger partial charge in [-0.3, -0.25) is 0 Å². The molecular weight excluding hydrogens is 346 g/mol. The van der Waals surface area contributed by atoms with Crippen LogP contribution in [0.25, 0.3) is 0 Å². The first-order chi connectivity index (χ1) is 12.7. The van der Waals surface area contributed by atoms with E-state index in [1.54, 1.807) is 7.11 Å². The average molecular weight is 380 g/mol. The second-order valence-corrected chi connectivity index (χ2v) is 8.39. The summed E-state index contributed by atoms with van der Waals surface area (Å²) in [5.41, 5.74) is 1.61. The second-order valence-electron chi connectivity index (χ2n) is 7.40. The molecule has 2 aliphatic heterocycles. The van der Waals surface area contributed by atoms with Crippen LogP contribution in [0.2, 0.25) is 0 Å². The van der Waals surface area contributed by atoms with Crippen LogP contribution in [0.15, 0.2) is 24.3 Å². The molecule has 0 radical (unpaired) electrons. The normalized spacial score (nSPS) is 25.7. The first-order valence-electron chi connectivity index (χ1n) is 9.97. The third-order valence-electron chi connectivity index (χ3n) is 5.71. The summed E-state index contributed by atoms with van der Waals surface area (Å²) in [6.07, 6.45) is 5.89. The van der Waals surface area contributed by atoms with Gasteiger partial charge >= 0.3 is 0 Å². The van der Waals surface area contributed by atoms with Gasteiger partial charge in [0.05, 0.1) is 18.2 Å². The largest absolute Gasteiger partial charge is 0.488 e. The Bertz CT molecular complexity index is 558. The van der Waals surface area contributed by atoms with E-state index in [9.17, 15) is 0 Å². The maximum Gasteiger partial charge on any atom is 0.124 e. The molecular formula is C21H33NO3S. The monoisotopic (exact) mass is 379 g/mol. The van der Waals surface area contributed by atoms with Gasteiger partial charge in [0.1, 0.15) is 11.9 Å². The lowest BCUT2D eigenvalue weighted by molar-refractivity contribution is -0.0595. The molecule has 3 atom stereocenters. The predicted molar refractivity (Wildman–Crippen MR) is 108 cm³/mol. The molecule has 0 bridgehead atoms. The topological polar surface area (TPSA) is 30.9 Å². The Morgan fingerprint density at radius 3 is 2.69 bits per heavy atom. The van der Waals surface area contributed by atoms with Gasteiger partial charge < -0.3 is 14.2 Å². The highest BCUT2D eigenvalue weighted by Gasteiger charge is 2.46. The molecule has 0 aromatic heterocycles. The summed E-state index contributed by atoms with van der Waals surface area (Å²) in [7, 11) is 1.77. The van der Waals surface area contributed by atoms with Crippen LogP contribution in [0, 0.1) is 0 Å². The van der Waals surface area contributed by atoms with Crippen LogP contribution in [0.3, 0.4) is 0 Å². The molecule has 1 aromatic rings. The zero-order valence-electron chi connectivity index (χ0n) is 16.4. The zero-order chi connectivity index (χ0) is 18.4. The molecule has 5 heteroatoms. The molecule has 0 saturated carbocycles. The van der Waals surface area contributed by atoms with Gasteiger partial charge in [-0.15, -0.1) is 0 Å². The van der Waals surface area contributed by atoms with Crippen molar-refractivity contribution < 1.29 is 14.2 Å². The fourth-order valence-electron chi connectivity index (χ4n) is 3.99. The molecule has 0 aliphatic carbocycles. The first-order valence-corrected chi connectivity index (χ1v) is 10.9. The van der Waals surface area contributed by atoms with E-state index in [1.807, 2.05) is 11.9 Å². The van der Waals surface area contributed by atoms with Crippen LogP contribution in [0.1, 0.15) is 51.5 Å². The zero-order valence-corrected chi connectivity index (χ0v) is 17.2. The fraction of sp³-hybridized carbons (Fsp3) is 0.714. The van der Waals surface area contributed by atoms with Crippen LogP contribution in [-0.2, 0) is 15.2 Å². The molecule has 2 heterocycles. The van der Waals surface area contributed by atoms with Gasteiger partial charge in [0.2, 0.25) is 0 Å². The minimum Gasteiger partial charge on any atom is -0.488 e. The van der Waals surface area contributed by atoms with E-state index >= 15 is 0 Å². The van der Waals surface area contributed by atoms with Crippen molar-refractivity contribution in [2.24, 2.45) is 0 Å². The Morgan fingerprint density at radius 1 is 1.23 bits per heavy atom. The lowest BCUT2D eigenvalue weighted by Crippen LogP contribution is -2.60. The van der Waals surface area contributed by atoms with Gasteiger partial charge in [-0.2, -0.15) is 0 Å². The second kappa shape index (κ2) is 9.45. The van der Waals surface area contributed by atoms with Crippen LogP contribution in [-0.4, -0.2) is 48.9 Å². The summed E-state index contributed by atoms with van der Waals surface area (Å²) >= 11 is 1.94. The Morgan fingerprint density at radius 2 is 2.08 bits per heavy atom.